The molecule has 1 aromatic rings. The Labute approximate surface area is 109 Å². The summed E-state index contributed by atoms with van der Waals surface area (Å²) in [5.41, 5.74) is 0.538. The molecule has 0 saturated carbocycles. The predicted molar refractivity (Wildman–Crippen MR) is 70.5 cm³/mol. The lowest BCUT2D eigenvalue weighted by atomic mass is 10.2. The minimum Gasteiger partial charge on any atom is -0.293 e. The molecule has 0 aliphatic heterocycles. The molecule has 0 atom stereocenters. The molecule has 17 heavy (non-hydrogen) atoms. The van der Waals surface area contributed by atoms with E-state index < -0.39 is 0 Å². The van der Waals surface area contributed by atoms with Crippen LogP contribution in [0.5, 0.6) is 0 Å². The number of thioether (sulfide) groups is 1. The average Bonchev–Trinajstić information content (AvgIpc) is 2.38. The second kappa shape index (κ2) is 6.80. The molecule has 84 valence electrons. The third kappa shape index (κ3) is 3.99. The fourth-order valence-corrected chi connectivity index (χ4v) is 2.00. The van der Waals surface area contributed by atoms with E-state index in [-0.39, 0.29) is 21.3 Å². The summed E-state index contributed by atoms with van der Waals surface area (Å²) in [5, 5.41) is 17.2. The smallest absolute Gasteiger partial charge is 0.173 e. The van der Waals surface area contributed by atoms with Gasteiger partial charge >= 0.3 is 0 Å². The largest absolute Gasteiger partial charge is 0.293 e. The standard InChI is InChI=1S/C12H8N2OS2/c13-6-10(7-14)12(16)17-8-11(15)9-4-2-1-3-5-9/h1-5,16H,8H2. The van der Waals surface area contributed by atoms with Gasteiger partial charge in [0.2, 0.25) is 0 Å². The molecule has 0 fully saturated rings. The molecular weight excluding hydrogens is 252 g/mol. The Morgan fingerprint density at radius 2 is 1.82 bits per heavy atom. The zero-order valence-electron chi connectivity index (χ0n) is 8.75. The van der Waals surface area contributed by atoms with Crippen LogP contribution in [-0.2, 0) is 0 Å². The Balaban J connectivity index is 2.66. The topological polar surface area (TPSA) is 64.7 Å². The van der Waals surface area contributed by atoms with Gasteiger partial charge in [-0.05, 0) is 0 Å². The van der Waals surface area contributed by atoms with Crippen LogP contribution in [0, 0.1) is 22.7 Å². The highest BCUT2D eigenvalue weighted by Gasteiger charge is 2.08. The van der Waals surface area contributed by atoms with Crippen LogP contribution in [0.25, 0.3) is 0 Å². The maximum absolute atomic E-state index is 11.7. The summed E-state index contributed by atoms with van der Waals surface area (Å²) in [7, 11) is 0. The number of Topliss-reactive ketones (excluding diaryl/α,β-unsaturated/α-hetero) is 1. The zero-order chi connectivity index (χ0) is 12.7. The van der Waals surface area contributed by atoms with Gasteiger partial charge in [-0.15, -0.1) is 24.4 Å². The molecule has 0 unspecified atom stereocenters. The van der Waals surface area contributed by atoms with E-state index in [2.05, 4.69) is 12.6 Å². The minimum absolute atomic E-state index is 0.0580. The fraction of sp³-hybridized carbons (Fsp3) is 0.0833. The third-order valence-electron chi connectivity index (χ3n) is 1.87. The fourth-order valence-electron chi connectivity index (χ4n) is 1.03. The van der Waals surface area contributed by atoms with Gasteiger partial charge in [-0.3, -0.25) is 4.79 Å². The molecule has 0 amide bonds. The molecule has 3 nitrogen and oxygen atoms in total. The first-order chi connectivity index (χ1) is 8.19. The second-order valence-corrected chi connectivity index (χ2v) is 4.72. The van der Waals surface area contributed by atoms with Gasteiger partial charge in [0.25, 0.3) is 0 Å². The zero-order valence-corrected chi connectivity index (χ0v) is 10.5. The van der Waals surface area contributed by atoms with E-state index in [4.69, 9.17) is 10.5 Å². The van der Waals surface area contributed by atoms with E-state index in [1.165, 1.54) is 0 Å². The Hall–Kier alpha value is -1.69. The highest BCUT2D eigenvalue weighted by molar-refractivity contribution is 8.16. The lowest BCUT2D eigenvalue weighted by Crippen LogP contribution is -2.01. The minimum atomic E-state index is -0.0702. The van der Waals surface area contributed by atoms with E-state index in [0.29, 0.717) is 5.56 Å². The van der Waals surface area contributed by atoms with Crippen LogP contribution >= 0.6 is 24.4 Å². The van der Waals surface area contributed by atoms with E-state index in [1.807, 2.05) is 6.07 Å². The van der Waals surface area contributed by atoms with Crippen molar-refractivity contribution < 1.29 is 4.79 Å². The normalized spacial score (nSPS) is 8.88. The van der Waals surface area contributed by atoms with Crippen molar-refractivity contribution in [1.29, 1.82) is 10.5 Å². The quantitative estimate of drug-likeness (QED) is 0.513. The van der Waals surface area contributed by atoms with Crippen molar-refractivity contribution in [2.45, 2.75) is 0 Å². The number of nitriles is 2. The first-order valence-corrected chi connectivity index (χ1v) is 6.06. The average molecular weight is 260 g/mol. The molecule has 1 rings (SSSR count). The van der Waals surface area contributed by atoms with Crippen LogP contribution in [0.4, 0.5) is 0 Å². The summed E-state index contributed by atoms with van der Waals surface area (Å²) < 4.78 is 0.277. The van der Waals surface area contributed by atoms with E-state index >= 15 is 0 Å². The third-order valence-corrected chi connectivity index (χ3v) is 3.37. The monoisotopic (exact) mass is 260 g/mol. The highest BCUT2D eigenvalue weighted by Crippen LogP contribution is 2.24. The molecule has 0 radical (unpaired) electrons. The summed E-state index contributed by atoms with van der Waals surface area (Å²) in [6.07, 6.45) is 0. The predicted octanol–water partition coefficient (Wildman–Crippen LogP) is 2.79. The highest BCUT2D eigenvalue weighted by atomic mass is 32.2. The van der Waals surface area contributed by atoms with Gasteiger partial charge in [0, 0.05) is 5.56 Å². The number of rotatable bonds is 4. The van der Waals surface area contributed by atoms with Crippen LogP contribution in [0.2, 0.25) is 0 Å². The van der Waals surface area contributed by atoms with Crippen molar-refractivity contribution in [2.75, 3.05) is 5.75 Å². The molecule has 0 spiro atoms. The van der Waals surface area contributed by atoms with Gasteiger partial charge in [0.1, 0.15) is 17.7 Å². The molecule has 0 bridgehead atoms. The van der Waals surface area contributed by atoms with E-state index in [0.717, 1.165) is 11.8 Å². The van der Waals surface area contributed by atoms with Crippen molar-refractivity contribution in [3.63, 3.8) is 0 Å². The van der Waals surface area contributed by atoms with E-state index in [9.17, 15) is 4.79 Å². The number of nitrogens with zero attached hydrogens (tertiary/aromatic N) is 2. The van der Waals surface area contributed by atoms with Gasteiger partial charge in [-0.2, -0.15) is 10.5 Å². The molecule has 1 aromatic carbocycles. The molecular formula is C12H8N2OS2. The van der Waals surface area contributed by atoms with Crippen LogP contribution in [0.3, 0.4) is 0 Å². The number of carbonyl (C=O) groups excluding carboxylic acids is 1. The van der Waals surface area contributed by atoms with Gasteiger partial charge in [-0.1, -0.05) is 30.3 Å². The Morgan fingerprint density at radius 3 is 2.35 bits per heavy atom. The van der Waals surface area contributed by atoms with Crippen molar-refractivity contribution >= 4 is 30.2 Å². The Morgan fingerprint density at radius 1 is 1.24 bits per heavy atom. The van der Waals surface area contributed by atoms with Crippen LogP contribution in [0.15, 0.2) is 40.1 Å². The van der Waals surface area contributed by atoms with Crippen molar-refractivity contribution in [1.82, 2.24) is 0 Å². The number of ketones is 1. The van der Waals surface area contributed by atoms with Crippen molar-refractivity contribution in [2.24, 2.45) is 0 Å². The molecule has 0 N–H and O–H groups in total. The number of carbonyl (C=O) groups is 1. The summed E-state index contributed by atoms with van der Waals surface area (Å²) in [4.78, 5) is 11.7. The van der Waals surface area contributed by atoms with Crippen LogP contribution < -0.4 is 0 Å². The lowest BCUT2D eigenvalue weighted by molar-refractivity contribution is 0.102. The van der Waals surface area contributed by atoms with Gasteiger partial charge in [0.15, 0.2) is 5.78 Å². The molecule has 5 heteroatoms. The van der Waals surface area contributed by atoms with Gasteiger partial charge in [-0.25, -0.2) is 0 Å². The maximum Gasteiger partial charge on any atom is 0.173 e. The number of hydrogen-bond acceptors (Lipinski definition) is 5. The van der Waals surface area contributed by atoms with Crippen molar-refractivity contribution in [3.8, 4) is 12.1 Å². The van der Waals surface area contributed by atoms with Crippen LogP contribution in [-0.4, -0.2) is 11.5 Å². The first-order valence-electron chi connectivity index (χ1n) is 4.63. The van der Waals surface area contributed by atoms with Gasteiger partial charge < -0.3 is 0 Å². The summed E-state index contributed by atoms with van der Waals surface area (Å²) in [5.74, 6) is 0.104. The van der Waals surface area contributed by atoms with Crippen LogP contribution in [0.1, 0.15) is 10.4 Å². The van der Waals surface area contributed by atoms with E-state index in [1.54, 1.807) is 36.4 Å². The lowest BCUT2D eigenvalue weighted by Gasteiger charge is -2.00. The second-order valence-electron chi connectivity index (χ2n) is 2.98. The number of hydrogen-bond donors (Lipinski definition) is 1. The summed E-state index contributed by atoms with van der Waals surface area (Å²) in [6.45, 7) is 0. The van der Waals surface area contributed by atoms with Crippen molar-refractivity contribution in [3.05, 3.63) is 45.7 Å². The number of allylic oxidation sites excluding steroid dienone is 1. The SMILES string of the molecule is N#CC(C#N)=C(S)SCC(=O)c1ccccc1. The molecule has 0 aromatic heterocycles. The number of benzene rings is 1. The number of thiol groups is 1. The molecule has 0 saturated heterocycles. The molecule has 0 aliphatic carbocycles. The maximum atomic E-state index is 11.7. The summed E-state index contributed by atoms with van der Waals surface area (Å²) in [6, 6.07) is 12.3. The Bertz CT molecular complexity index is 508. The first kappa shape index (κ1) is 13.4. The molecule has 0 heterocycles. The Kier molecular flexibility index (Phi) is 5.35. The van der Waals surface area contributed by atoms with Gasteiger partial charge in [0.05, 0.1) is 9.99 Å². The summed E-state index contributed by atoms with van der Waals surface area (Å²) >= 11 is 5.10. The molecule has 0 aliphatic rings.